The molecule has 174 valence electrons. The molecule has 3 amide bonds. The summed E-state index contributed by atoms with van der Waals surface area (Å²) in [5.41, 5.74) is 4.75. The van der Waals surface area contributed by atoms with E-state index in [0.29, 0.717) is 11.3 Å². The number of hydrogen-bond donors (Lipinski definition) is 1. The van der Waals surface area contributed by atoms with E-state index in [1.807, 2.05) is 79.7 Å². The summed E-state index contributed by atoms with van der Waals surface area (Å²) in [6.07, 6.45) is 4.26. The molecule has 1 aliphatic heterocycles. The van der Waals surface area contributed by atoms with Gasteiger partial charge >= 0.3 is 6.03 Å². The zero-order valence-electron chi connectivity index (χ0n) is 19.8. The van der Waals surface area contributed by atoms with Crippen LogP contribution in [0.4, 0.5) is 10.5 Å². The number of nitrogens with one attached hydrogen (secondary N) is 1. The Labute approximate surface area is 209 Å². The molecule has 8 rings (SSSR count). The molecule has 2 bridgehead atoms. The van der Waals surface area contributed by atoms with Crippen LogP contribution in [0, 0.1) is 0 Å². The van der Waals surface area contributed by atoms with Crippen molar-refractivity contribution in [2.24, 2.45) is 0 Å². The summed E-state index contributed by atoms with van der Waals surface area (Å²) in [5, 5.41) is 5.05. The van der Waals surface area contributed by atoms with Crippen LogP contribution in [0.3, 0.4) is 0 Å². The second-order valence-corrected chi connectivity index (χ2v) is 9.76. The summed E-state index contributed by atoms with van der Waals surface area (Å²) in [7, 11) is 0. The Hall–Kier alpha value is -4.44. The Kier molecular flexibility index (Phi) is 4.37. The summed E-state index contributed by atoms with van der Waals surface area (Å²) in [6.45, 7) is 1.87. The molecule has 4 heteroatoms. The third-order valence-corrected chi connectivity index (χ3v) is 8.03. The number of amides is 3. The Morgan fingerprint density at radius 1 is 0.861 bits per heavy atom. The lowest BCUT2D eigenvalue weighted by atomic mass is 9.57. The highest BCUT2D eigenvalue weighted by Gasteiger charge is 2.61. The molecule has 3 atom stereocenters. The van der Waals surface area contributed by atoms with E-state index in [9.17, 15) is 9.59 Å². The van der Waals surface area contributed by atoms with Gasteiger partial charge in [-0.15, -0.1) is 0 Å². The minimum Gasteiger partial charge on any atom is -0.307 e. The van der Waals surface area contributed by atoms with Crippen LogP contribution in [-0.4, -0.2) is 16.8 Å². The van der Waals surface area contributed by atoms with E-state index in [1.165, 1.54) is 10.5 Å². The minimum atomic E-state index is -0.943. The summed E-state index contributed by atoms with van der Waals surface area (Å²) >= 11 is 0. The van der Waals surface area contributed by atoms with Crippen LogP contribution < -0.4 is 5.32 Å². The number of urea groups is 1. The van der Waals surface area contributed by atoms with Crippen LogP contribution in [0.15, 0.2) is 120 Å². The quantitative estimate of drug-likeness (QED) is 0.326. The number of hydrogen-bond acceptors (Lipinski definition) is 2. The molecule has 0 aromatic heterocycles. The smallest absolute Gasteiger partial charge is 0.307 e. The van der Waals surface area contributed by atoms with Crippen LogP contribution in [0.2, 0.25) is 0 Å². The van der Waals surface area contributed by atoms with Gasteiger partial charge in [-0.2, -0.15) is 0 Å². The van der Waals surface area contributed by atoms with Crippen molar-refractivity contribution >= 4 is 28.4 Å². The Balaban J connectivity index is 1.41. The average Bonchev–Trinajstić information content (AvgIpc) is 3.16. The van der Waals surface area contributed by atoms with E-state index in [1.54, 1.807) is 0 Å². The van der Waals surface area contributed by atoms with Gasteiger partial charge in [-0.25, -0.2) is 9.69 Å². The maximum atomic E-state index is 14.0. The molecular formula is C32H24N2O2. The molecule has 36 heavy (non-hydrogen) atoms. The summed E-state index contributed by atoms with van der Waals surface area (Å²) < 4.78 is 0. The lowest BCUT2D eigenvalue weighted by Gasteiger charge is -2.51. The number of carbonyl (C=O) groups excluding carboxylic acids is 2. The van der Waals surface area contributed by atoms with Crippen molar-refractivity contribution in [1.29, 1.82) is 0 Å². The van der Waals surface area contributed by atoms with Crippen molar-refractivity contribution < 1.29 is 9.59 Å². The molecule has 4 aliphatic rings. The van der Waals surface area contributed by atoms with E-state index < -0.39 is 11.6 Å². The zero-order chi connectivity index (χ0) is 24.4. The fraction of sp³-hybridized carbons (Fsp3) is 0.125. The molecule has 3 aliphatic carbocycles. The number of benzene rings is 4. The standard InChI is InChI=1S/C32H24N2O2/c1-20-29-28(22-11-3-2-4-12-22)25-18-19-32(29,26-16-8-7-15-24(25)26)34(30(20)35)31(36)33-27-17-9-13-21-10-5-6-14-23(21)27/h2-19,25,28H,1H3,(H,33,36). The van der Waals surface area contributed by atoms with Crippen molar-refractivity contribution in [2.75, 3.05) is 5.32 Å². The normalized spacial score (nSPS) is 23.7. The van der Waals surface area contributed by atoms with E-state index in [0.717, 1.165) is 27.5 Å². The largest absolute Gasteiger partial charge is 0.330 e. The molecule has 1 spiro atoms. The minimum absolute atomic E-state index is 0.00888. The van der Waals surface area contributed by atoms with Gasteiger partial charge in [0.15, 0.2) is 0 Å². The van der Waals surface area contributed by atoms with Crippen molar-refractivity contribution in [3.05, 3.63) is 137 Å². The Morgan fingerprint density at radius 3 is 2.44 bits per heavy atom. The molecule has 0 fully saturated rings. The fourth-order valence-corrected chi connectivity index (χ4v) is 6.58. The van der Waals surface area contributed by atoms with Crippen LogP contribution in [-0.2, 0) is 10.3 Å². The lowest BCUT2D eigenvalue weighted by Crippen LogP contribution is -2.54. The SMILES string of the molecule is CC1=C2C(c3ccccc3)C3C=CC2(c2ccccc23)N(C(=O)Nc2cccc3ccccc23)C1=O. The first-order valence-electron chi connectivity index (χ1n) is 12.3. The number of allylic oxidation sites excluding steroid dienone is 1. The monoisotopic (exact) mass is 468 g/mol. The van der Waals surface area contributed by atoms with E-state index in [4.69, 9.17) is 0 Å². The predicted molar refractivity (Wildman–Crippen MR) is 142 cm³/mol. The van der Waals surface area contributed by atoms with Crippen LogP contribution >= 0.6 is 0 Å². The summed E-state index contributed by atoms with van der Waals surface area (Å²) in [6, 6.07) is 31.9. The molecule has 0 saturated carbocycles. The van der Waals surface area contributed by atoms with Gasteiger partial charge in [-0.05, 0) is 40.6 Å². The Morgan fingerprint density at radius 2 is 1.58 bits per heavy atom. The highest BCUT2D eigenvalue weighted by Crippen LogP contribution is 2.63. The van der Waals surface area contributed by atoms with Crippen molar-refractivity contribution in [2.45, 2.75) is 24.3 Å². The predicted octanol–water partition coefficient (Wildman–Crippen LogP) is 6.88. The maximum absolute atomic E-state index is 14.0. The van der Waals surface area contributed by atoms with Crippen LogP contribution in [0.5, 0.6) is 0 Å². The van der Waals surface area contributed by atoms with Gasteiger partial charge in [-0.3, -0.25) is 4.79 Å². The lowest BCUT2D eigenvalue weighted by molar-refractivity contribution is -0.125. The molecule has 4 aromatic carbocycles. The van der Waals surface area contributed by atoms with Gasteiger partial charge in [0.1, 0.15) is 5.54 Å². The third-order valence-electron chi connectivity index (χ3n) is 8.03. The van der Waals surface area contributed by atoms with E-state index >= 15 is 0 Å². The number of nitrogens with zero attached hydrogens (tertiary/aromatic N) is 1. The van der Waals surface area contributed by atoms with Crippen LogP contribution in [0.1, 0.15) is 35.4 Å². The van der Waals surface area contributed by atoms with Gasteiger partial charge in [0, 0.05) is 22.8 Å². The first kappa shape index (κ1) is 20.9. The highest BCUT2D eigenvalue weighted by atomic mass is 16.2. The number of fused-ring (bicyclic) bond motifs is 1. The first-order chi connectivity index (χ1) is 17.6. The zero-order valence-corrected chi connectivity index (χ0v) is 19.8. The van der Waals surface area contributed by atoms with Gasteiger partial charge < -0.3 is 5.32 Å². The molecule has 0 radical (unpaired) electrons. The summed E-state index contributed by atoms with van der Waals surface area (Å²) in [4.78, 5) is 29.4. The Bertz CT molecular complexity index is 1630. The van der Waals surface area contributed by atoms with Crippen molar-refractivity contribution in [3.8, 4) is 0 Å². The van der Waals surface area contributed by atoms with Crippen molar-refractivity contribution in [3.63, 3.8) is 0 Å². The molecule has 4 nitrogen and oxygen atoms in total. The molecule has 0 saturated heterocycles. The van der Waals surface area contributed by atoms with Crippen LogP contribution in [0.25, 0.3) is 10.8 Å². The number of carbonyl (C=O) groups is 2. The average molecular weight is 469 g/mol. The fourth-order valence-electron chi connectivity index (χ4n) is 6.58. The van der Waals surface area contributed by atoms with Gasteiger partial charge in [0.05, 0.1) is 5.69 Å². The topological polar surface area (TPSA) is 49.4 Å². The van der Waals surface area contributed by atoms with Crippen molar-refractivity contribution in [1.82, 2.24) is 4.90 Å². The molecule has 1 N–H and O–H groups in total. The molecular weight excluding hydrogens is 444 g/mol. The van der Waals surface area contributed by atoms with E-state index in [2.05, 4.69) is 41.7 Å². The van der Waals surface area contributed by atoms with Gasteiger partial charge in [-0.1, -0.05) is 103 Å². The first-order valence-corrected chi connectivity index (χ1v) is 12.3. The number of anilines is 1. The maximum Gasteiger partial charge on any atom is 0.330 e. The van der Waals surface area contributed by atoms with E-state index in [-0.39, 0.29) is 17.7 Å². The summed E-state index contributed by atoms with van der Waals surface area (Å²) in [5.74, 6) is -0.139. The molecule has 1 heterocycles. The van der Waals surface area contributed by atoms with Gasteiger partial charge in [0.2, 0.25) is 0 Å². The second kappa shape index (κ2) is 7.53. The van der Waals surface area contributed by atoms with Gasteiger partial charge in [0.25, 0.3) is 5.91 Å². The number of imide groups is 1. The molecule has 3 unspecified atom stereocenters. The molecule has 4 aromatic rings. The number of rotatable bonds is 2. The second-order valence-electron chi connectivity index (χ2n) is 9.76. The third kappa shape index (κ3) is 2.64. The highest BCUT2D eigenvalue weighted by molar-refractivity contribution is 6.14.